The molecule has 0 bridgehead atoms. The molecule has 1 aromatic carbocycles. The van der Waals surface area contributed by atoms with Gasteiger partial charge in [-0.25, -0.2) is 0 Å². The molecule has 1 heterocycles. The first-order valence-electron chi connectivity index (χ1n) is 7.23. The highest BCUT2D eigenvalue weighted by molar-refractivity contribution is 5.94. The van der Waals surface area contributed by atoms with E-state index in [9.17, 15) is 4.79 Å². The minimum Gasteiger partial charge on any atom is -0.487 e. The van der Waals surface area contributed by atoms with E-state index in [0.29, 0.717) is 18.7 Å². The highest BCUT2D eigenvalue weighted by Crippen LogP contribution is 2.14. The molecule has 0 spiro atoms. The fourth-order valence-electron chi connectivity index (χ4n) is 1.94. The van der Waals surface area contributed by atoms with Crippen LogP contribution >= 0.6 is 0 Å². The number of amides is 1. The summed E-state index contributed by atoms with van der Waals surface area (Å²) in [6.07, 6.45) is 1.74. The smallest absolute Gasteiger partial charge is 0.253 e. The highest BCUT2D eigenvalue weighted by atomic mass is 16.5. The predicted molar refractivity (Wildman–Crippen MR) is 85.9 cm³/mol. The molecule has 1 N–H and O–H groups in total. The van der Waals surface area contributed by atoms with Crippen molar-refractivity contribution in [2.45, 2.75) is 6.61 Å². The summed E-state index contributed by atoms with van der Waals surface area (Å²) in [5.41, 5.74) is 1.53. The monoisotopic (exact) mass is 299 g/mol. The summed E-state index contributed by atoms with van der Waals surface area (Å²) in [6.45, 7) is 1.86. The van der Waals surface area contributed by atoms with Gasteiger partial charge in [0.15, 0.2) is 0 Å². The van der Waals surface area contributed by atoms with Crippen molar-refractivity contribution in [3.63, 3.8) is 0 Å². The van der Waals surface area contributed by atoms with E-state index >= 15 is 0 Å². The third kappa shape index (κ3) is 4.56. The van der Waals surface area contributed by atoms with E-state index in [1.165, 1.54) is 0 Å². The van der Waals surface area contributed by atoms with Crippen molar-refractivity contribution in [2.75, 3.05) is 27.2 Å². The second-order valence-corrected chi connectivity index (χ2v) is 4.96. The Morgan fingerprint density at radius 3 is 2.64 bits per heavy atom. The number of hydrogen-bond donors (Lipinski definition) is 1. The molecule has 0 saturated carbocycles. The zero-order chi connectivity index (χ0) is 15.8. The van der Waals surface area contributed by atoms with Crippen LogP contribution in [0.15, 0.2) is 48.7 Å². The second kappa shape index (κ2) is 8.14. The normalized spacial score (nSPS) is 10.3. The first kappa shape index (κ1) is 16.0. The molecule has 0 radical (unpaired) electrons. The van der Waals surface area contributed by atoms with E-state index in [0.717, 1.165) is 18.0 Å². The number of carbonyl (C=O) groups excluding carboxylic acids is 1. The summed E-state index contributed by atoms with van der Waals surface area (Å²) in [6, 6.07) is 12.9. The van der Waals surface area contributed by atoms with Gasteiger partial charge in [-0.05, 0) is 43.4 Å². The Hall–Kier alpha value is -2.40. The summed E-state index contributed by atoms with van der Waals surface area (Å²) in [7, 11) is 3.66. The van der Waals surface area contributed by atoms with Gasteiger partial charge in [0.2, 0.25) is 0 Å². The van der Waals surface area contributed by atoms with Crippen molar-refractivity contribution in [3.8, 4) is 5.75 Å². The molecule has 0 saturated heterocycles. The molecule has 5 nitrogen and oxygen atoms in total. The van der Waals surface area contributed by atoms with Gasteiger partial charge in [0.1, 0.15) is 12.4 Å². The van der Waals surface area contributed by atoms with E-state index < -0.39 is 0 Å². The van der Waals surface area contributed by atoms with Crippen LogP contribution in [-0.4, -0.2) is 43.0 Å². The lowest BCUT2D eigenvalue weighted by Crippen LogP contribution is -2.32. The van der Waals surface area contributed by atoms with Crippen LogP contribution in [0.1, 0.15) is 16.1 Å². The summed E-state index contributed by atoms with van der Waals surface area (Å²) in [5.74, 6) is 0.728. The van der Waals surface area contributed by atoms with E-state index in [1.807, 2.05) is 37.4 Å². The number of hydrogen-bond acceptors (Lipinski definition) is 4. The number of aromatic nitrogens is 1. The molecule has 116 valence electrons. The fourth-order valence-corrected chi connectivity index (χ4v) is 1.94. The average Bonchev–Trinajstić information content (AvgIpc) is 2.58. The van der Waals surface area contributed by atoms with Crippen molar-refractivity contribution in [2.24, 2.45) is 0 Å². The molecule has 0 fully saturated rings. The van der Waals surface area contributed by atoms with Crippen LogP contribution in [-0.2, 0) is 6.61 Å². The predicted octanol–water partition coefficient (Wildman–Crippen LogP) is 1.95. The topological polar surface area (TPSA) is 54.5 Å². The number of nitrogens with one attached hydrogen (secondary N) is 1. The SMILES string of the molecule is CNCCN(C)C(=O)c1ccc(OCc2ccccn2)cc1. The molecule has 0 unspecified atom stereocenters. The summed E-state index contributed by atoms with van der Waals surface area (Å²) >= 11 is 0. The number of pyridine rings is 1. The maximum absolute atomic E-state index is 12.2. The Morgan fingerprint density at radius 1 is 1.23 bits per heavy atom. The van der Waals surface area contributed by atoms with Crippen LogP contribution in [0.4, 0.5) is 0 Å². The van der Waals surface area contributed by atoms with Crippen LogP contribution in [0.25, 0.3) is 0 Å². The number of rotatable bonds is 7. The zero-order valence-electron chi connectivity index (χ0n) is 13.0. The van der Waals surface area contributed by atoms with Gasteiger partial charge in [0.05, 0.1) is 5.69 Å². The molecular weight excluding hydrogens is 278 g/mol. The molecule has 22 heavy (non-hydrogen) atoms. The maximum Gasteiger partial charge on any atom is 0.253 e. The van der Waals surface area contributed by atoms with Gasteiger partial charge < -0.3 is 15.0 Å². The minimum absolute atomic E-state index is 0.00604. The second-order valence-electron chi connectivity index (χ2n) is 4.96. The van der Waals surface area contributed by atoms with Crippen molar-refractivity contribution in [3.05, 3.63) is 59.9 Å². The van der Waals surface area contributed by atoms with Crippen molar-refractivity contribution in [1.29, 1.82) is 0 Å². The standard InChI is InChI=1S/C17H21N3O2/c1-18-11-12-20(2)17(21)14-6-8-16(9-7-14)22-13-15-5-3-4-10-19-15/h3-10,18H,11-13H2,1-2H3. The Morgan fingerprint density at radius 2 is 2.00 bits per heavy atom. The number of ether oxygens (including phenoxy) is 1. The van der Waals surface area contributed by atoms with Gasteiger partial charge in [-0.15, -0.1) is 0 Å². The van der Waals surface area contributed by atoms with Gasteiger partial charge in [0, 0.05) is 31.9 Å². The lowest BCUT2D eigenvalue weighted by Gasteiger charge is -2.17. The first-order chi connectivity index (χ1) is 10.7. The Balaban J connectivity index is 1.91. The molecule has 0 atom stereocenters. The molecule has 1 amide bonds. The molecule has 0 aliphatic heterocycles. The zero-order valence-corrected chi connectivity index (χ0v) is 13.0. The van der Waals surface area contributed by atoms with Gasteiger partial charge in [0.25, 0.3) is 5.91 Å². The molecule has 5 heteroatoms. The van der Waals surface area contributed by atoms with Gasteiger partial charge in [-0.1, -0.05) is 6.07 Å². The van der Waals surface area contributed by atoms with Gasteiger partial charge in [-0.3, -0.25) is 9.78 Å². The summed E-state index contributed by atoms with van der Waals surface area (Å²) < 4.78 is 5.65. The van der Waals surface area contributed by atoms with Crippen LogP contribution in [0.5, 0.6) is 5.75 Å². The molecule has 0 aliphatic rings. The van der Waals surface area contributed by atoms with E-state index in [-0.39, 0.29) is 5.91 Å². The molecule has 1 aromatic heterocycles. The fraction of sp³-hybridized carbons (Fsp3) is 0.294. The summed E-state index contributed by atoms with van der Waals surface area (Å²) in [5, 5.41) is 3.03. The van der Waals surface area contributed by atoms with Gasteiger partial charge in [-0.2, -0.15) is 0 Å². The quantitative estimate of drug-likeness (QED) is 0.849. The van der Waals surface area contributed by atoms with Crippen LogP contribution in [0.3, 0.4) is 0 Å². The first-order valence-corrected chi connectivity index (χ1v) is 7.23. The van der Waals surface area contributed by atoms with Crippen LogP contribution in [0.2, 0.25) is 0 Å². The largest absolute Gasteiger partial charge is 0.487 e. The number of benzene rings is 1. The lowest BCUT2D eigenvalue weighted by molar-refractivity contribution is 0.0797. The Bertz CT molecular complexity index is 585. The van der Waals surface area contributed by atoms with Gasteiger partial charge >= 0.3 is 0 Å². The minimum atomic E-state index is 0.00604. The van der Waals surface area contributed by atoms with Crippen LogP contribution in [0, 0.1) is 0 Å². The summed E-state index contributed by atoms with van der Waals surface area (Å²) in [4.78, 5) is 18.1. The molecule has 2 rings (SSSR count). The van der Waals surface area contributed by atoms with Crippen molar-refractivity contribution in [1.82, 2.24) is 15.2 Å². The van der Waals surface area contributed by atoms with E-state index in [2.05, 4.69) is 10.3 Å². The highest BCUT2D eigenvalue weighted by Gasteiger charge is 2.10. The van der Waals surface area contributed by atoms with Crippen LogP contribution < -0.4 is 10.1 Å². The Labute approximate surface area is 130 Å². The van der Waals surface area contributed by atoms with Crippen molar-refractivity contribution >= 4 is 5.91 Å². The molecule has 0 aliphatic carbocycles. The number of carbonyl (C=O) groups is 1. The third-order valence-electron chi connectivity index (χ3n) is 3.26. The number of likely N-dealkylation sites (N-methyl/N-ethyl adjacent to an activating group) is 2. The molecular formula is C17H21N3O2. The molecule has 2 aromatic rings. The van der Waals surface area contributed by atoms with Crippen molar-refractivity contribution < 1.29 is 9.53 Å². The average molecular weight is 299 g/mol. The maximum atomic E-state index is 12.2. The Kier molecular flexibility index (Phi) is 5.91. The third-order valence-corrected chi connectivity index (χ3v) is 3.26. The lowest BCUT2D eigenvalue weighted by atomic mass is 10.2. The van der Waals surface area contributed by atoms with E-state index in [1.54, 1.807) is 30.3 Å². The van der Waals surface area contributed by atoms with E-state index in [4.69, 9.17) is 4.74 Å². The number of nitrogens with zero attached hydrogens (tertiary/aromatic N) is 2.